The summed E-state index contributed by atoms with van der Waals surface area (Å²) < 4.78 is 40.6. The number of alkyl halides is 3. The maximum atomic E-state index is 12.3. The minimum Gasteiger partial charge on any atom is -0.508 e. The van der Waals surface area contributed by atoms with Crippen LogP contribution in [0.1, 0.15) is 21.5 Å². The van der Waals surface area contributed by atoms with Gasteiger partial charge in [0.25, 0.3) is 0 Å². The minimum absolute atomic E-state index is 0.0679. The number of ether oxygens (including phenoxy) is 1. The highest BCUT2D eigenvalue weighted by atomic mass is 19.4. The molecule has 0 radical (unpaired) electrons. The minimum atomic E-state index is -4.76. The molecule has 0 bridgehead atoms. The number of carbonyl (C=O) groups excluding carboxylic acids is 1. The fourth-order valence-electron chi connectivity index (χ4n) is 2.53. The van der Waals surface area contributed by atoms with Crippen LogP contribution in [0.25, 0.3) is 6.08 Å². The van der Waals surface area contributed by atoms with Crippen LogP contribution in [0.3, 0.4) is 0 Å². The molecule has 1 N–H and O–H groups in total. The number of hydrogen-bond acceptors (Lipinski definition) is 3. The van der Waals surface area contributed by atoms with Gasteiger partial charge >= 0.3 is 6.36 Å². The van der Waals surface area contributed by atoms with E-state index in [2.05, 4.69) is 4.74 Å². The standard InChI is InChI=1S/C17H11F3O3/c18-17(19,20)23-14-3-1-2-10(7-14)6-12-8-11-9-13(21)4-5-15(11)16(12)22/h1-7,9,21H,8H2/b12-6+. The molecule has 0 atom stereocenters. The molecule has 1 aliphatic rings. The fourth-order valence-corrected chi connectivity index (χ4v) is 2.53. The van der Waals surface area contributed by atoms with E-state index < -0.39 is 6.36 Å². The van der Waals surface area contributed by atoms with Crippen LogP contribution in [-0.2, 0) is 6.42 Å². The number of ketones is 1. The number of rotatable bonds is 2. The zero-order chi connectivity index (χ0) is 16.6. The number of carbonyl (C=O) groups is 1. The molecule has 2 aromatic carbocycles. The van der Waals surface area contributed by atoms with Gasteiger partial charge in [-0.1, -0.05) is 12.1 Å². The second-order valence-corrected chi connectivity index (χ2v) is 5.14. The molecule has 6 heteroatoms. The monoisotopic (exact) mass is 320 g/mol. The number of allylic oxidation sites excluding steroid dienone is 1. The average Bonchev–Trinajstić information content (AvgIpc) is 2.73. The second kappa shape index (κ2) is 5.46. The van der Waals surface area contributed by atoms with Gasteiger partial charge in [0.1, 0.15) is 11.5 Å². The molecule has 0 fully saturated rings. The number of benzene rings is 2. The van der Waals surface area contributed by atoms with E-state index >= 15 is 0 Å². The predicted octanol–water partition coefficient (Wildman–Crippen LogP) is 4.11. The smallest absolute Gasteiger partial charge is 0.508 e. The Balaban J connectivity index is 1.89. The molecule has 1 aliphatic carbocycles. The number of phenolic OH excluding ortho intramolecular Hbond substituents is 1. The van der Waals surface area contributed by atoms with E-state index in [1.54, 1.807) is 6.07 Å². The Morgan fingerprint density at radius 2 is 1.91 bits per heavy atom. The van der Waals surface area contributed by atoms with Crippen molar-refractivity contribution in [3.8, 4) is 11.5 Å². The fraction of sp³-hybridized carbons (Fsp3) is 0.118. The van der Waals surface area contributed by atoms with E-state index in [-0.39, 0.29) is 17.3 Å². The summed E-state index contributed by atoms with van der Waals surface area (Å²) >= 11 is 0. The third kappa shape index (κ3) is 3.36. The second-order valence-electron chi connectivity index (χ2n) is 5.14. The van der Waals surface area contributed by atoms with Crippen LogP contribution in [0.15, 0.2) is 48.0 Å². The topological polar surface area (TPSA) is 46.5 Å². The Hall–Kier alpha value is -2.76. The summed E-state index contributed by atoms with van der Waals surface area (Å²) in [5, 5.41) is 9.45. The highest BCUT2D eigenvalue weighted by Crippen LogP contribution is 2.31. The summed E-state index contributed by atoms with van der Waals surface area (Å²) in [7, 11) is 0. The van der Waals surface area contributed by atoms with Crippen LogP contribution < -0.4 is 4.74 Å². The summed E-state index contributed by atoms with van der Waals surface area (Å²) in [6, 6.07) is 9.90. The summed E-state index contributed by atoms with van der Waals surface area (Å²) in [5.74, 6) is -0.465. The summed E-state index contributed by atoms with van der Waals surface area (Å²) in [4.78, 5) is 12.3. The van der Waals surface area contributed by atoms with Gasteiger partial charge in [-0.05, 0) is 47.5 Å². The van der Waals surface area contributed by atoms with Gasteiger partial charge in [0.15, 0.2) is 5.78 Å². The van der Waals surface area contributed by atoms with Crippen LogP contribution in [0, 0.1) is 0 Å². The Labute approximate surface area is 129 Å². The van der Waals surface area contributed by atoms with Crippen molar-refractivity contribution in [1.82, 2.24) is 0 Å². The quantitative estimate of drug-likeness (QED) is 0.847. The van der Waals surface area contributed by atoms with Crippen molar-refractivity contribution in [1.29, 1.82) is 0 Å². The Morgan fingerprint density at radius 3 is 2.65 bits per heavy atom. The molecule has 23 heavy (non-hydrogen) atoms. The Kier molecular flexibility index (Phi) is 3.60. The van der Waals surface area contributed by atoms with E-state index in [0.717, 1.165) is 0 Å². The van der Waals surface area contributed by atoms with Gasteiger partial charge in [-0.2, -0.15) is 0 Å². The van der Waals surface area contributed by atoms with Crippen molar-refractivity contribution in [3.63, 3.8) is 0 Å². The Morgan fingerprint density at radius 1 is 1.13 bits per heavy atom. The van der Waals surface area contributed by atoms with Crippen molar-refractivity contribution in [2.45, 2.75) is 12.8 Å². The first-order chi connectivity index (χ1) is 10.8. The third-order valence-corrected chi connectivity index (χ3v) is 3.44. The van der Waals surface area contributed by atoms with E-state index in [0.29, 0.717) is 28.7 Å². The van der Waals surface area contributed by atoms with E-state index in [9.17, 15) is 23.1 Å². The van der Waals surface area contributed by atoms with Crippen LogP contribution in [0.4, 0.5) is 13.2 Å². The van der Waals surface area contributed by atoms with Gasteiger partial charge in [-0.15, -0.1) is 13.2 Å². The highest BCUT2D eigenvalue weighted by molar-refractivity contribution is 6.15. The third-order valence-electron chi connectivity index (χ3n) is 3.44. The SMILES string of the molecule is O=C1/C(=C/c2cccc(OC(F)(F)F)c2)Cc2cc(O)ccc21. The zero-order valence-corrected chi connectivity index (χ0v) is 11.7. The van der Waals surface area contributed by atoms with E-state index in [1.807, 2.05) is 0 Å². The molecule has 0 saturated carbocycles. The molecule has 0 spiro atoms. The highest BCUT2D eigenvalue weighted by Gasteiger charge is 2.31. The maximum absolute atomic E-state index is 12.3. The van der Waals surface area contributed by atoms with Crippen LogP contribution in [0.5, 0.6) is 11.5 Å². The summed E-state index contributed by atoms with van der Waals surface area (Å²) in [5.41, 5.74) is 2.09. The van der Waals surface area contributed by atoms with Gasteiger partial charge in [0.05, 0.1) is 0 Å². The number of fused-ring (bicyclic) bond motifs is 1. The van der Waals surface area contributed by atoms with Crippen LogP contribution in [-0.4, -0.2) is 17.3 Å². The van der Waals surface area contributed by atoms with Crippen molar-refractivity contribution in [2.24, 2.45) is 0 Å². The molecule has 118 valence electrons. The summed E-state index contributed by atoms with van der Waals surface area (Å²) in [6.07, 6.45) is -2.90. The molecular formula is C17H11F3O3. The Bertz CT molecular complexity index is 807. The number of Topliss-reactive ketones (excluding diaryl/α,β-unsaturated/α-hetero) is 1. The molecule has 2 aromatic rings. The van der Waals surface area contributed by atoms with Gasteiger partial charge in [0.2, 0.25) is 0 Å². The molecule has 3 rings (SSSR count). The molecule has 0 heterocycles. The first kappa shape index (κ1) is 15.1. The molecule has 3 nitrogen and oxygen atoms in total. The van der Waals surface area contributed by atoms with Crippen molar-refractivity contribution >= 4 is 11.9 Å². The lowest BCUT2D eigenvalue weighted by atomic mass is 10.1. The first-order valence-electron chi connectivity index (χ1n) is 6.75. The van der Waals surface area contributed by atoms with Gasteiger partial charge in [-0.25, -0.2) is 0 Å². The van der Waals surface area contributed by atoms with Crippen molar-refractivity contribution < 1.29 is 27.8 Å². The lowest BCUT2D eigenvalue weighted by Crippen LogP contribution is -2.17. The van der Waals surface area contributed by atoms with Gasteiger partial charge in [-0.3, -0.25) is 4.79 Å². The van der Waals surface area contributed by atoms with Gasteiger partial charge in [0, 0.05) is 17.6 Å². The number of hydrogen-bond donors (Lipinski definition) is 1. The number of phenols is 1. The molecule has 0 unspecified atom stereocenters. The normalized spacial score (nSPS) is 15.8. The van der Waals surface area contributed by atoms with E-state index in [1.165, 1.54) is 42.5 Å². The van der Waals surface area contributed by atoms with Crippen molar-refractivity contribution in [2.75, 3.05) is 0 Å². The maximum Gasteiger partial charge on any atom is 0.573 e. The van der Waals surface area contributed by atoms with E-state index in [4.69, 9.17) is 0 Å². The number of halogens is 3. The average molecular weight is 320 g/mol. The zero-order valence-electron chi connectivity index (χ0n) is 11.7. The van der Waals surface area contributed by atoms with Gasteiger partial charge < -0.3 is 9.84 Å². The predicted molar refractivity (Wildman–Crippen MR) is 77.2 cm³/mol. The summed E-state index contributed by atoms with van der Waals surface area (Å²) in [6.45, 7) is 0. The molecule has 0 amide bonds. The van der Waals surface area contributed by atoms with Crippen LogP contribution in [0.2, 0.25) is 0 Å². The first-order valence-corrected chi connectivity index (χ1v) is 6.75. The lowest BCUT2D eigenvalue weighted by molar-refractivity contribution is -0.274. The molecular weight excluding hydrogens is 309 g/mol. The lowest BCUT2D eigenvalue weighted by Gasteiger charge is -2.09. The molecule has 0 saturated heterocycles. The number of aromatic hydroxyl groups is 1. The van der Waals surface area contributed by atoms with Crippen LogP contribution >= 0.6 is 0 Å². The van der Waals surface area contributed by atoms with Crippen molar-refractivity contribution in [3.05, 3.63) is 64.7 Å². The largest absolute Gasteiger partial charge is 0.573 e. The molecule has 0 aliphatic heterocycles. The molecule has 0 aromatic heterocycles.